The number of carbonyl (C=O) groups is 1. The minimum absolute atomic E-state index is 0.0164. The van der Waals surface area contributed by atoms with E-state index >= 15 is 0 Å². The van der Waals surface area contributed by atoms with Gasteiger partial charge in [0.15, 0.2) is 22.5 Å². The molecule has 9 heteroatoms. The quantitative estimate of drug-likeness (QED) is 0.366. The molecule has 0 spiro atoms. The van der Waals surface area contributed by atoms with Gasteiger partial charge in [-0.05, 0) is 37.1 Å². The molecule has 2 aromatic carbocycles. The fraction of sp³-hybridized carbons (Fsp3) is 0.423. The van der Waals surface area contributed by atoms with Crippen LogP contribution in [-0.2, 0) is 4.79 Å². The van der Waals surface area contributed by atoms with Gasteiger partial charge in [-0.2, -0.15) is 0 Å². The first-order valence-electron chi connectivity index (χ1n) is 11.9. The van der Waals surface area contributed by atoms with E-state index in [1.807, 2.05) is 42.5 Å². The average molecular weight is 497 g/mol. The first kappa shape index (κ1) is 24.9. The van der Waals surface area contributed by atoms with Crippen LogP contribution in [0.1, 0.15) is 44.6 Å². The fourth-order valence-electron chi connectivity index (χ4n) is 4.43. The number of nitrogens with one attached hydrogen (secondary N) is 1. The number of methoxy groups -OCH3 is 3. The summed E-state index contributed by atoms with van der Waals surface area (Å²) in [5.74, 6) is 3.06. The van der Waals surface area contributed by atoms with Crippen molar-refractivity contribution in [2.75, 3.05) is 32.4 Å². The van der Waals surface area contributed by atoms with E-state index in [4.69, 9.17) is 14.2 Å². The number of benzene rings is 2. The van der Waals surface area contributed by atoms with Crippen LogP contribution in [0.4, 0.5) is 5.69 Å². The van der Waals surface area contributed by atoms with Crippen LogP contribution in [0.25, 0.3) is 11.4 Å². The fourth-order valence-corrected chi connectivity index (χ4v) is 5.37. The maximum atomic E-state index is 12.4. The zero-order valence-electron chi connectivity index (χ0n) is 20.5. The van der Waals surface area contributed by atoms with Crippen LogP contribution in [0.2, 0.25) is 0 Å². The summed E-state index contributed by atoms with van der Waals surface area (Å²) in [6, 6.07) is 13.6. The monoisotopic (exact) mass is 496 g/mol. The Labute approximate surface area is 210 Å². The second-order valence-electron chi connectivity index (χ2n) is 8.39. The van der Waals surface area contributed by atoms with Crippen LogP contribution in [0.15, 0.2) is 47.6 Å². The number of anilines is 1. The number of ether oxygens (including phenoxy) is 3. The van der Waals surface area contributed by atoms with Crippen molar-refractivity contribution >= 4 is 23.4 Å². The normalized spacial score (nSPS) is 13.9. The zero-order valence-corrected chi connectivity index (χ0v) is 21.3. The third-order valence-electron chi connectivity index (χ3n) is 6.15. The van der Waals surface area contributed by atoms with Gasteiger partial charge in [-0.1, -0.05) is 49.2 Å². The standard InChI is InChI=1S/C26H32N4O4S/c1-32-21-16-18(17-22(33-2)24(21)34-3)25-28-29-26(30(25)20-12-8-5-9-13-20)35-15-14-23(31)27-19-10-6-4-7-11-19/h4,6-7,10-11,16-17,20H,5,8-9,12-15H2,1-3H3,(H,27,31). The van der Waals surface area contributed by atoms with Crippen LogP contribution >= 0.6 is 11.8 Å². The average Bonchev–Trinajstić information content (AvgIpc) is 3.32. The number of hydrogen-bond donors (Lipinski definition) is 1. The molecule has 0 atom stereocenters. The SMILES string of the molecule is COc1cc(-c2nnc(SCCC(=O)Nc3ccccc3)n2C2CCCCC2)cc(OC)c1OC. The summed E-state index contributed by atoms with van der Waals surface area (Å²) in [7, 11) is 4.80. The Kier molecular flexibility index (Phi) is 8.52. The predicted molar refractivity (Wildman–Crippen MR) is 138 cm³/mol. The van der Waals surface area contributed by atoms with E-state index in [1.54, 1.807) is 33.1 Å². The van der Waals surface area contributed by atoms with Crippen molar-refractivity contribution in [3.8, 4) is 28.6 Å². The Balaban J connectivity index is 1.57. The van der Waals surface area contributed by atoms with Gasteiger partial charge in [-0.3, -0.25) is 9.36 Å². The molecular weight excluding hydrogens is 464 g/mol. The molecule has 186 valence electrons. The Hall–Kier alpha value is -3.20. The summed E-state index contributed by atoms with van der Waals surface area (Å²) < 4.78 is 18.8. The molecular formula is C26H32N4O4S. The molecule has 1 heterocycles. The number of hydrogen-bond acceptors (Lipinski definition) is 7. The second-order valence-corrected chi connectivity index (χ2v) is 9.46. The third-order valence-corrected chi connectivity index (χ3v) is 7.09. The number of thioether (sulfide) groups is 1. The molecule has 1 aromatic heterocycles. The molecule has 35 heavy (non-hydrogen) atoms. The molecule has 3 aromatic rings. The summed E-state index contributed by atoms with van der Waals surface area (Å²) >= 11 is 1.56. The van der Waals surface area contributed by atoms with E-state index < -0.39 is 0 Å². The van der Waals surface area contributed by atoms with E-state index in [9.17, 15) is 4.79 Å². The molecule has 1 aliphatic rings. The molecule has 0 saturated heterocycles. The van der Waals surface area contributed by atoms with Crippen LogP contribution in [0.5, 0.6) is 17.2 Å². The van der Waals surface area contributed by atoms with Gasteiger partial charge in [0.2, 0.25) is 11.7 Å². The smallest absolute Gasteiger partial charge is 0.225 e. The minimum atomic E-state index is -0.0164. The second kappa shape index (κ2) is 12.0. The lowest BCUT2D eigenvalue weighted by Crippen LogP contribution is -2.16. The third kappa shape index (κ3) is 5.90. The van der Waals surface area contributed by atoms with Crippen LogP contribution in [0.3, 0.4) is 0 Å². The molecule has 1 fully saturated rings. The number of para-hydroxylation sites is 1. The van der Waals surface area contributed by atoms with E-state index in [2.05, 4.69) is 20.1 Å². The highest BCUT2D eigenvalue weighted by Crippen LogP contribution is 2.43. The molecule has 0 unspecified atom stereocenters. The minimum Gasteiger partial charge on any atom is -0.493 e. The van der Waals surface area contributed by atoms with Crippen LogP contribution < -0.4 is 19.5 Å². The van der Waals surface area contributed by atoms with Crippen molar-refractivity contribution < 1.29 is 19.0 Å². The van der Waals surface area contributed by atoms with Gasteiger partial charge in [0, 0.05) is 29.5 Å². The first-order chi connectivity index (χ1) is 17.1. The Bertz CT molecular complexity index is 1100. The van der Waals surface area contributed by atoms with Crippen molar-refractivity contribution in [3.63, 3.8) is 0 Å². The van der Waals surface area contributed by atoms with E-state index in [1.165, 1.54) is 19.3 Å². The lowest BCUT2D eigenvalue weighted by Gasteiger charge is -2.26. The summed E-state index contributed by atoms with van der Waals surface area (Å²) in [5, 5.41) is 12.9. The van der Waals surface area contributed by atoms with Gasteiger partial charge in [-0.25, -0.2) is 0 Å². The van der Waals surface area contributed by atoms with Crippen molar-refractivity contribution in [3.05, 3.63) is 42.5 Å². The van der Waals surface area contributed by atoms with Gasteiger partial charge in [-0.15, -0.1) is 10.2 Å². The summed E-state index contributed by atoms with van der Waals surface area (Å²) in [4.78, 5) is 12.4. The van der Waals surface area contributed by atoms with Gasteiger partial charge in [0.05, 0.1) is 21.3 Å². The Morgan fingerprint density at radius 3 is 2.31 bits per heavy atom. The maximum absolute atomic E-state index is 12.4. The topological polar surface area (TPSA) is 87.5 Å². The van der Waals surface area contributed by atoms with Crippen molar-refractivity contribution in [1.82, 2.24) is 14.8 Å². The molecule has 1 saturated carbocycles. The molecule has 4 rings (SSSR count). The number of amides is 1. The van der Waals surface area contributed by atoms with Crippen molar-refractivity contribution in [1.29, 1.82) is 0 Å². The van der Waals surface area contributed by atoms with E-state index in [0.717, 1.165) is 35.1 Å². The summed E-state index contributed by atoms with van der Waals surface area (Å²) in [6.45, 7) is 0. The van der Waals surface area contributed by atoms with Crippen molar-refractivity contribution in [2.45, 2.75) is 49.7 Å². The Morgan fingerprint density at radius 1 is 1.00 bits per heavy atom. The number of aromatic nitrogens is 3. The first-order valence-corrected chi connectivity index (χ1v) is 12.9. The largest absolute Gasteiger partial charge is 0.493 e. The number of nitrogens with zero attached hydrogens (tertiary/aromatic N) is 3. The maximum Gasteiger partial charge on any atom is 0.225 e. The van der Waals surface area contributed by atoms with Gasteiger partial charge in [0.1, 0.15) is 0 Å². The summed E-state index contributed by atoms with van der Waals surface area (Å²) in [6.07, 6.45) is 6.16. The molecule has 0 bridgehead atoms. The molecule has 1 amide bonds. The molecule has 1 aliphatic carbocycles. The van der Waals surface area contributed by atoms with Gasteiger partial charge in [0.25, 0.3) is 0 Å². The molecule has 1 N–H and O–H groups in total. The zero-order chi connectivity index (χ0) is 24.6. The van der Waals surface area contributed by atoms with E-state index in [-0.39, 0.29) is 5.91 Å². The lowest BCUT2D eigenvalue weighted by molar-refractivity contribution is -0.115. The highest BCUT2D eigenvalue weighted by atomic mass is 32.2. The number of rotatable bonds is 10. The van der Waals surface area contributed by atoms with Crippen LogP contribution in [-0.4, -0.2) is 47.8 Å². The Morgan fingerprint density at radius 2 is 1.69 bits per heavy atom. The molecule has 0 aliphatic heterocycles. The lowest BCUT2D eigenvalue weighted by atomic mass is 9.95. The number of carbonyl (C=O) groups excluding carboxylic acids is 1. The highest BCUT2D eigenvalue weighted by Gasteiger charge is 2.25. The highest BCUT2D eigenvalue weighted by molar-refractivity contribution is 7.99. The summed E-state index contributed by atoms with van der Waals surface area (Å²) in [5.41, 5.74) is 1.66. The van der Waals surface area contributed by atoms with Gasteiger partial charge < -0.3 is 19.5 Å². The molecule has 0 radical (unpaired) electrons. The van der Waals surface area contributed by atoms with Crippen LogP contribution in [0, 0.1) is 0 Å². The van der Waals surface area contributed by atoms with Gasteiger partial charge >= 0.3 is 0 Å². The predicted octanol–water partition coefficient (Wildman–Crippen LogP) is 5.60. The van der Waals surface area contributed by atoms with E-state index in [0.29, 0.717) is 35.5 Å². The molecule has 8 nitrogen and oxygen atoms in total. The van der Waals surface area contributed by atoms with Crippen molar-refractivity contribution in [2.24, 2.45) is 0 Å².